The number of aromatic amines is 1. The normalized spacial score (nSPS) is 21.9. The molecule has 0 aliphatic carbocycles. The lowest BCUT2D eigenvalue weighted by atomic mass is 10.1. The van der Waals surface area contributed by atoms with E-state index in [-0.39, 0.29) is 11.9 Å². The van der Waals surface area contributed by atoms with Crippen LogP contribution in [0.3, 0.4) is 0 Å². The van der Waals surface area contributed by atoms with Crippen molar-refractivity contribution in [2.75, 3.05) is 6.54 Å². The van der Waals surface area contributed by atoms with Crippen LogP contribution in [0.1, 0.15) is 38.1 Å². The van der Waals surface area contributed by atoms with Gasteiger partial charge in [-0.3, -0.25) is 4.79 Å². The summed E-state index contributed by atoms with van der Waals surface area (Å²) in [7, 11) is 0. The van der Waals surface area contributed by atoms with Gasteiger partial charge in [0.25, 0.3) is 0 Å². The van der Waals surface area contributed by atoms with E-state index >= 15 is 0 Å². The summed E-state index contributed by atoms with van der Waals surface area (Å²) < 4.78 is 0. The second kappa shape index (κ2) is 5.12. The molecule has 1 fully saturated rings. The quantitative estimate of drug-likeness (QED) is 0.703. The minimum atomic E-state index is -0.0519. The number of rotatable bonds is 4. The molecular formula is C11H18N4O. The van der Waals surface area contributed by atoms with Gasteiger partial charge in [-0.15, -0.1) is 0 Å². The molecule has 0 radical (unpaired) electrons. The Morgan fingerprint density at radius 1 is 1.75 bits per heavy atom. The summed E-state index contributed by atoms with van der Waals surface area (Å²) in [5, 5.41) is 6.25. The van der Waals surface area contributed by atoms with Gasteiger partial charge in [0.1, 0.15) is 5.82 Å². The highest BCUT2D eigenvalue weighted by molar-refractivity contribution is 5.76. The van der Waals surface area contributed by atoms with Gasteiger partial charge in [0.05, 0.1) is 6.04 Å². The van der Waals surface area contributed by atoms with Gasteiger partial charge in [-0.1, -0.05) is 0 Å². The summed E-state index contributed by atoms with van der Waals surface area (Å²) in [6.07, 6.45) is 6.28. The van der Waals surface area contributed by atoms with Crippen LogP contribution in [-0.4, -0.2) is 28.5 Å². The molecule has 0 spiro atoms. The summed E-state index contributed by atoms with van der Waals surface area (Å²) in [4.78, 5) is 18.8. The smallest absolute Gasteiger partial charge is 0.222 e. The fourth-order valence-electron chi connectivity index (χ4n) is 2.04. The number of amides is 1. The molecule has 0 saturated carbocycles. The van der Waals surface area contributed by atoms with Gasteiger partial charge in [-0.05, 0) is 26.3 Å². The van der Waals surface area contributed by atoms with Crippen molar-refractivity contribution < 1.29 is 4.79 Å². The Hall–Kier alpha value is -1.36. The maximum absolute atomic E-state index is 11.7. The van der Waals surface area contributed by atoms with E-state index < -0.39 is 0 Å². The fraction of sp³-hybridized carbons (Fsp3) is 0.636. The van der Waals surface area contributed by atoms with Crippen LogP contribution < -0.4 is 10.6 Å². The summed E-state index contributed by atoms with van der Waals surface area (Å²) in [6, 6.07) is 0.299. The highest BCUT2D eigenvalue weighted by Gasteiger charge is 2.19. The third-order valence-corrected chi connectivity index (χ3v) is 2.90. The van der Waals surface area contributed by atoms with E-state index in [2.05, 4.69) is 20.6 Å². The Kier molecular flexibility index (Phi) is 3.56. The molecule has 2 heterocycles. The third-order valence-electron chi connectivity index (χ3n) is 2.90. The lowest BCUT2D eigenvalue weighted by Crippen LogP contribution is -2.33. The Morgan fingerprint density at radius 2 is 2.62 bits per heavy atom. The predicted molar refractivity (Wildman–Crippen MR) is 60.8 cm³/mol. The Labute approximate surface area is 95.0 Å². The van der Waals surface area contributed by atoms with Gasteiger partial charge < -0.3 is 15.6 Å². The van der Waals surface area contributed by atoms with Crippen molar-refractivity contribution in [1.82, 2.24) is 20.6 Å². The number of carbonyl (C=O) groups is 1. The number of carbonyl (C=O) groups excluding carboxylic acids is 1. The van der Waals surface area contributed by atoms with E-state index in [0.29, 0.717) is 12.5 Å². The van der Waals surface area contributed by atoms with Gasteiger partial charge in [-0.2, -0.15) is 0 Å². The maximum Gasteiger partial charge on any atom is 0.222 e. The van der Waals surface area contributed by atoms with E-state index in [1.165, 1.54) is 6.42 Å². The van der Waals surface area contributed by atoms with Crippen molar-refractivity contribution >= 4 is 5.91 Å². The van der Waals surface area contributed by atoms with Gasteiger partial charge in [-0.25, -0.2) is 4.98 Å². The molecule has 1 saturated heterocycles. The molecule has 0 bridgehead atoms. The lowest BCUT2D eigenvalue weighted by Gasteiger charge is -2.14. The van der Waals surface area contributed by atoms with Crippen molar-refractivity contribution in [1.29, 1.82) is 0 Å². The van der Waals surface area contributed by atoms with Crippen LogP contribution in [0.15, 0.2) is 12.4 Å². The van der Waals surface area contributed by atoms with Crippen molar-refractivity contribution in [3.05, 3.63) is 18.2 Å². The van der Waals surface area contributed by atoms with Crippen LogP contribution in [0.5, 0.6) is 0 Å². The SMILES string of the molecule is CC(NC(=O)CC1CCCN1)c1ncc[nH]1. The zero-order valence-electron chi connectivity index (χ0n) is 9.49. The summed E-state index contributed by atoms with van der Waals surface area (Å²) in [5.74, 6) is 0.885. The molecule has 2 rings (SSSR count). The average Bonchev–Trinajstić information content (AvgIpc) is 2.88. The standard InChI is InChI=1S/C11H18N4O/c1-8(11-13-5-6-14-11)15-10(16)7-9-3-2-4-12-9/h5-6,8-9,12H,2-4,7H2,1H3,(H,13,14)(H,15,16). The first-order valence-corrected chi connectivity index (χ1v) is 5.77. The molecule has 1 amide bonds. The minimum absolute atomic E-state index is 0.0519. The lowest BCUT2D eigenvalue weighted by molar-refractivity contribution is -0.122. The van der Waals surface area contributed by atoms with Crippen molar-refractivity contribution in [3.63, 3.8) is 0 Å². The average molecular weight is 222 g/mol. The first-order valence-electron chi connectivity index (χ1n) is 5.77. The predicted octanol–water partition coefficient (Wildman–Crippen LogP) is 0.729. The number of hydrogen-bond acceptors (Lipinski definition) is 3. The van der Waals surface area contributed by atoms with Gasteiger partial charge >= 0.3 is 0 Å². The molecule has 1 aromatic heterocycles. The van der Waals surface area contributed by atoms with Crippen LogP contribution in [-0.2, 0) is 4.79 Å². The van der Waals surface area contributed by atoms with E-state index in [9.17, 15) is 4.79 Å². The first kappa shape index (κ1) is 11.1. The van der Waals surface area contributed by atoms with Gasteiger partial charge in [0.2, 0.25) is 5.91 Å². The number of aromatic nitrogens is 2. The number of H-pyrrole nitrogens is 1. The van der Waals surface area contributed by atoms with Gasteiger partial charge in [0.15, 0.2) is 0 Å². The topological polar surface area (TPSA) is 69.8 Å². The molecule has 2 unspecified atom stereocenters. The molecule has 16 heavy (non-hydrogen) atoms. The zero-order valence-corrected chi connectivity index (χ0v) is 9.49. The van der Waals surface area contributed by atoms with Crippen LogP contribution in [0.4, 0.5) is 0 Å². The Balaban J connectivity index is 1.78. The largest absolute Gasteiger partial charge is 0.347 e. The van der Waals surface area contributed by atoms with Crippen molar-refractivity contribution in [3.8, 4) is 0 Å². The van der Waals surface area contributed by atoms with Crippen LogP contribution >= 0.6 is 0 Å². The molecule has 1 aromatic rings. The molecule has 1 aliphatic heterocycles. The zero-order chi connectivity index (χ0) is 11.4. The second-order valence-corrected chi connectivity index (χ2v) is 4.26. The minimum Gasteiger partial charge on any atom is -0.347 e. The van der Waals surface area contributed by atoms with Crippen molar-refractivity contribution in [2.24, 2.45) is 0 Å². The van der Waals surface area contributed by atoms with Gasteiger partial charge in [0, 0.05) is 24.9 Å². The van der Waals surface area contributed by atoms with E-state index in [0.717, 1.165) is 18.8 Å². The van der Waals surface area contributed by atoms with E-state index in [1.807, 2.05) is 6.92 Å². The number of nitrogens with zero attached hydrogens (tertiary/aromatic N) is 1. The highest BCUT2D eigenvalue weighted by atomic mass is 16.1. The Morgan fingerprint density at radius 3 is 3.25 bits per heavy atom. The molecular weight excluding hydrogens is 204 g/mol. The van der Waals surface area contributed by atoms with Crippen LogP contribution in [0, 0.1) is 0 Å². The second-order valence-electron chi connectivity index (χ2n) is 4.26. The number of hydrogen-bond donors (Lipinski definition) is 3. The summed E-state index contributed by atoms with van der Waals surface area (Å²) >= 11 is 0. The summed E-state index contributed by atoms with van der Waals surface area (Å²) in [6.45, 7) is 2.96. The Bertz CT molecular complexity index is 330. The van der Waals surface area contributed by atoms with Crippen LogP contribution in [0.25, 0.3) is 0 Å². The molecule has 5 heteroatoms. The first-order chi connectivity index (χ1) is 7.75. The van der Waals surface area contributed by atoms with E-state index in [1.54, 1.807) is 12.4 Å². The summed E-state index contributed by atoms with van der Waals surface area (Å²) in [5.41, 5.74) is 0. The van der Waals surface area contributed by atoms with Crippen LogP contribution in [0.2, 0.25) is 0 Å². The molecule has 88 valence electrons. The number of nitrogens with one attached hydrogen (secondary N) is 3. The molecule has 2 atom stereocenters. The van der Waals surface area contributed by atoms with Crippen molar-refractivity contribution in [2.45, 2.75) is 38.3 Å². The maximum atomic E-state index is 11.7. The monoisotopic (exact) mass is 222 g/mol. The molecule has 3 N–H and O–H groups in total. The molecule has 5 nitrogen and oxygen atoms in total. The third kappa shape index (κ3) is 2.82. The highest BCUT2D eigenvalue weighted by Crippen LogP contribution is 2.10. The molecule has 0 aromatic carbocycles. The fourth-order valence-corrected chi connectivity index (χ4v) is 2.04. The molecule has 1 aliphatic rings. The van der Waals surface area contributed by atoms with E-state index in [4.69, 9.17) is 0 Å². The number of imidazole rings is 1.